The van der Waals surface area contributed by atoms with Crippen LogP contribution in [0.25, 0.3) is 0 Å². The van der Waals surface area contributed by atoms with Crippen LogP contribution in [0, 0.1) is 0 Å². The van der Waals surface area contributed by atoms with Gasteiger partial charge in [0, 0.05) is 31.6 Å². The van der Waals surface area contributed by atoms with Gasteiger partial charge in [-0.2, -0.15) is 0 Å². The minimum absolute atomic E-state index is 0.0850. The summed E-state index contributed by atoms with van der Waals surface area (Å²) in [6, 6.07) is 23.1. The van der Waals surface area contributed by atoms with E-state index in [0.717, 1.165) is 22.3 Å². The van der Waals surface area contributed by atoms with Gasteiger partial charge < -0.3 is 24.6 Å². The molecule has 2 aliphatic rings. The van der Waals surface area contributed by atoms with Crippen LogP contribution in [0.2, 0.25) is 0 Å². The highest BCUT2D eigenvalue weighted by atomic mass is 16.5. The lowest BCUT2D eigenvalue weighted by atomic mass is 9.82. The molecule has 0 fully saturated rings. The number of aliphatic hydroxyl groups is 1. The Labute approximate surface area is 204 Å². The number of fused-ring (bicyclic) bond motifs is 1. The molecule has 2 heterocycles. The van der Waals surface area contributed by atoms with E-state index in [2.05, 4.69) is 5.32 Å². The predicted molar refractivity (Wildman–Crippen MR) is 132 cm³/mol. The number of ether oxygens (including phenoxy) is 3. The fourth-order valence-electron chi connectivity index (χ4n) is 4.61. The first kappa shape index (κ1) is 22.9. The number of nitrogens with zero attached hydrogens (tertiary/aromatic N) is 1. The molecule has 180 valence electrons. The van der Waals surface area contributed by atoms with E-state index in [1.54, 1.807) is 7.11 Å². The van der Waals surface area contributed by atoms with E-state index in [4.69, 9.17) is 24.3 Å². The van der Waals surface area contributed by atoms with Gasteiger partial charge in [-0.3, -0.25) is 4.79 Å². The first-order valence-corrected chi connectivity index (χ1v) is 11.7. The van der Waals surface area contributed by atoms with Crippen LogP contribution >= 0.6 is 0 Å². The van der Waals surface area contributed by atoms with Crippen molar-refractivity contribution in [3.05, 3.63) is 95.1 Å². The molecule has 0 saturated carbocycles. The van der Waals surface area contributed by atoms with Crippen molar-refractivity contribution in [3.8, 4) is 11.5 Å². The summed E-state index contributed by atoms with van der Waals surface area (Å²) >= 11 is 0. The molecule has 3 aromatic carbocycles. The molecule has 0 saturated heterocycles. The molecule has 2 aliphatic heterocycles. The topological polar surface area (TPSA) is 89.4 Å². The summed E-state index contributed by atoms with van der Waals surface area (Å²) < 4.78 is 17.5. The van der Waals surface area contributed by atoms with Gasteiger partial charge in [0.1, 0.15) is 11.5 Å². The number of hydrogen-bond donors (Lipinski definition) is 2. The van der Waals surface area contributed by atoms with Crippen molar-refractivity contribution in [2.24, 2.45) is 4.99 Å². The van der Waals surface area contributed by atoms with Crippen LogP contribution in [-0.4, -0.2) is 42.8 Å². The maximum Gasteiger partial charge on any atom is 0.252 e. The lowest BCUT2D eigenvalue weighted by molar-refractivity contribution is -0.128. The Bertz CT molecular complexity index is 1240. The Morgan fingerprint density at radius 1 is 1.06 bits per heavy atom. The lowest BCUT2D eigenvalue weighted by Crippen LogP contribution is -2.48. The highest BCUT2D eigenvalue weighted by molar-refractivity contribution is 6.01. The molecular weight excluding hydrogens is 444 g/mol. The van der Waals surface area contributed by atoms with Crippen LogP contribution in [0.3, 0.4) is 0 Å². The van der Waals surface area contributed by atoms with Gasteiger partial charge >= 0.3 is 0 Å². The summed E-state index contributed by atoms with van der Waals surface area (Å²) in [4.78, 5) is 18.6. The molecule has 0 aliphatic carbocycles. The van der Waals surface area contributed by atoms with Crippen LogP contribution < -0.4 is 14.8 Å². The molecule has 0 aromatic heterocycles. The van der Waals surface area contributed by atoms with E-state index in [9.17, 15) is 4.79 Å². The van der Waals surface area contributed by atoms with Crippen molar-refractivity contribution in [2.75, 3.05) is 20.3 Å². The summed E-state index contributed by atoms with van der Waals surface area (Å²) in [5.41, 5.74) is 2.57. The maximum absolute atomic E-state index is 13.7. The van der Waals surface area contributed by atoms with Gasteiger partial charge in [0.15, 0.2) is 11.6 Å². The first-order valence-electron chi connectivity index (χ1n) is 11.7. The third-order valence-electron chi connectivity index (χ3n) is 6.44. The van der Waals surface area contributed by atoms with Gasteiger partial charge in [-0.1, -0.05) is 36.4 Å². The number of aliphatic imine (C=N–C) groups is 1. The Morgan fingerprint density at radius 3 is 2.63 bits per heavy atom. The first-order chi connectivity index (χ1) is 17.1. The molecule has 1 amide bonds. The SMILES string of the molecule is COc1cccc([C@H]2OC(c3ccc(OCCCO)cc3)=N[C@]23Cc2ccccc2CNC3=O)c1. The Balaban J connectivity index is 1.55. The van der Waals surface area contributed by atoms with Crippen LogP contribution in [0.1, 0.15) is 34.8 Å². The summed E-state index contributed by atoms with van der Waals surface area (Å²) in [5, 5.41) is 12.0. The minimum Gasteiger partial charge on any atom is -0.497 e. The highest BCUT2D eigenvalue weighted by Gasteiger charge is 2.54. The molecule has 2 atom stereocenters. The number of amides is 1. The Hall–Kier alpha value is -3.84. The van der Waals surface area contributed by atoms with E-state index in [1.165, 1.54) is 0 Å². The van der Waals surface area contributed by atoms with Crippen molar-refractivity contribution < 1.29 is 24.1 Å². The van der Waals surface area contributed by atoms with Gasteiger partial charge in [-0.05, 0) is 53.1 Å². The van der Waals surface area contributed by atoms with Crippen molar-refractivity contribution >= 4 is 11.8 Å². The van der Waals surface area contributed by atoms with Crippen LogP contribution in [-0.2, 0) is 22.5 Å². The molecule has 7 heteroatoms. The van der Waals surface area contributed by atoms with Crippen molar-refractivity contribution in [1.29, 1.82) is 0 Å². The second-order valence-electron chi connectivity index (χ2n) is 8.69. The number of rotatable bonds is 7. The van der Waals surface area contributed by atoms with Gasteiger partial charge in [0.2, 0.25) is 5.90 Å². The summed E-state index contributed by atoms with van der Waals surface area (Å²) in [5.74, 6) is 1.63. The fraction of sp³-hybridized carbons (Fsp3) is 0.286. The third-order valence-corrected chi connectivity index (χ3v) is 6.44. The van der Waals surface area contributed by atoms with E-state index >= 15 is 0 Å². The zero-order valence-electron chi connectivity index (χ0n) is 19.6. The van der Waals surface area contributed by atoms with E-state index in [1.807, 2.05) is 72.8 Å². The average molecular weight is 473 g/mol. The smallest absolute Gasteiger partial charge is 0.252 e. The standard InChI is InChI=1S/C28H28N2O5/c1-33-24-9-4-8-20(16-24)25-28(17-21-6-2-3-7-22(21)18-29-27(28)32)30-26(35-25)19-10-12-23(13-11-19)34-15-5-14-31/h2-4,6-13,16,25,31H,5,14-15,17-18H2,1H3,(H,29,32)/t25-,28-/m1/s1. The minimum atomic E-state index is -1.16. The molecule has 1 spiro atoms. The molecule has 3 aromatic rings. The van der Waals surface area contributed by atoms with Crippen LogP contribution in [0.5, 0.6) is 11.5 Å². The quantitative estimate of drug-likeness (QED) is 0.513. The van der Waals surface area contributed by atoms with Gasteiger partial charge in [-0.25, -0.2) is 4.99 Å². The van der Waals surface area contributed by atoms with Crippen molar-refractivity contribution in [1.82, 2.24) is 5.32 Å². The van der Waals surface area contributed by atoms with Crippen molar-refractivity contribution in [2.45, 2.75) is 31.0 Å². The third kappa shape index (κ3) is 4.47. The molecule has 0 unspecified atom stereocenters. The number of nitrogens with one attached hydrogen (secondary N) is 1. The zero-order chi connectivity index (χ0) is 24.3. The van der Waals surface area contributed by atoms with Gasteiger partial charge in [0.05, 0.1) is 13.7 Å². The number of benzene rings is 3. The van der Waals surface area contributed by atoms with Crippen molar-refractivity contribution in [3.63, 3.8) is 0 Å². The zero-order valence-corrected chi connectivity index (χ0v) is 19.6. The number of carbonyl (C=O) groups excluding carboxylic acids is 1. The monoisotopic (exact) mass is 472 g/mol. The largest absolute Gasteiger partial charge is 0.497 e. The molecule has 5 rings (SSSR count). The number of aliphatic hydroxyl groups excluding tert-OH is 1. The summed E-state index contributed by atoms with van der Waals surface area (Å²) in [7, 11) is 1.62. The van der Waals surface area contributed by atoms with Crippen LogP contribution in [0.4, 0.5) is 0 Å². The Morgan fingerprint density at radius 2 is 1.86 bits per heavy atom. The molecule has 2 N–H and O–H groups in total. The summed E-state index contributed by atoms with van der Waals surface area (Å²) in [6.07, 6.45) is 0.362. The second-order valence-corrected chi connectivity index (χ2v) is 8.69. The van der Waals surface area contributed by atoms with Crippen LogP contribution in [0.15, 0.2) is 77.8 Å². The molecule has 0 bridgehead atoms. The van der Waals surface area contributed by atoms with Gasteiger partial charge in [0.25, 0.3) is 5.91 Å². The van der Waals surface area contributed by atoms with E-state index < -0.39 is 11.6 Å². The normalized spacial score (nSPS) is 20.9. The molecular formula is C28H28N2O5. The van der Waals surface area contributed by atoms with Gasteiger partial charge in [-0.15, -0.1) is 0 Å². The Kier molecular flexibility index (Phi) is 6.42. The summed E-state index contributed by atoms with van der Waals surface area (Å²) in [6.45, 7) is 0.974. The molecule has 35 heavy (non-hydrogen) atoms. The number of hydrogen-bond acceptors (Lipinski definition) is 6. The molecule has 7 nitrogen and oxygen atoms in total. The average Bonchev–Trinajstić information content (AvgIpc) is 3.22. The van der Waals surface area contributed by atoms with E-state index in [0.29, 0.717) is 43.4 Å². The number of carbonyl (C=O) groups is 1. The number of methoxy groups -OCH3 is 1. The lowest BCUT2D eigenvalue weighted by Gasteiger charge is -2.29. The fourth-order valence-corrected chi connectivity index (χ4v) is 4.61. The predicted octanol–water partition coefficient (Wildman–Crippen LogP) is 3.59. The maximum atomic E-state index is 13.7. The second kappa shape index (κ2) is 9.80. The molecule has 0 radical (unpaired) electrons. The highest BCUT2D eigenvalue weighted by Crippen LogP contribution is 2.44. The van der Waals surface area contributed by atoms with E-state index in [-0.39, 0.29) is 12.5 Å².